The summed E-state index contributed by atoms with van der Waals surface area (Å²) in [6.45, 7) is 1.75. The van der Waals surface area contributed by atoms with Crippen LogP contribution in [0.1, 0.15) is 45.4 Å². The Balaban J connectivity index is 2.42. The molecule has 0 radical (unpaired) electrons. The summed E-state index contributed by atoms with van der Waals surface area (Å²) in [5, 5.41) is 10.5. The zero-order valence-electron chi connectivity index (χ0n) is 7.66. The monoisotopic (exact) mass is 171 g/mol. The van der Waals surface area contributed by atoms with Crippen LogP contribution in [0.5, 0.6) is 0 Å². The molecule has 70 valence electrons. The van der Waals surface area contributed by atoms with Gasteiger partial charge in [-0.3, -0.25) is 10.1 Å². The van der Waals surface area contributed by atoms with Crippen molar-refractivity contribution in [3.63, 3.8) is 0 Å². The molecule has 1 aliphatic rings. The lowest BCUT2D eigenvalue weighted by atomic mass is 9.93. The van der Waals surface area contributed by atoms with Crippen LogP contribution in [0.2, 0.25) is 0 Å². The van der Waals surface area contributed by atoms with Crippen molar-refractivity contribution in [2.75, 3.05) is 0 Å². The Labute approximate surface area is 73.3 Å². The molecule has 0 aromatic heterocycles. The zero-order valence-corrected chi connectivity index (χ0v) is 7.66. The molecule has 0 bridgehead atoms. The van der Waals surface area contributed by atoms with Crippen molar-refractivity contribution in [3.8, 4) is 0 Å². The van der Waals surface area contributed by atoms with E-state index in [1.54, 1.807) is 6.92 Å². The van der Waals surface area contributed by atoms with Crippen molar-refractivity contribution in [2.24, 2.45) is 5.92 Å². The van der Waals surface area contributed by atoms with Crippen LogP contribution in [0.4, 0.5) is 0 Å². The number of hydrogen-bond donors (Lipinski definition) is 0. The second-order valence-corrected chi connectivity index (χ2v) is 3.78. The summed E-state index contributed by atoms with van der Waals surface area (Å²) in [7, 11) is 0. The highest BCUT2D eigenvalue weighted by atomic mass is 16.6. The highest BCUT2D eigenvalue weighted by Crippen LogP contribution is 2.26. The molecule has 1 fully saturated rings. The van der Waals surface area contributed by atoms with E-state index < -0.39 is 0 Å². The third kappa shape index (κ3) is 2.47. The van der Waals surface area contributed by atoms with Crippen LogP contribution in [0.3, 0.4) is 0 Å². The molecular weight excluding hydrogens is 154 g/mol. The van der Waals surface area contributed by atoms with Crippen LogP contribution in [0.25, 0.3) is 0 Å². The quantitative estimate of drug-likeness (QED) is 0.364. The number of nitro groups is 1. The first-order chi connectivity index (χ1) is 5.72. The first kappa shape index (κ1) is 9.49. The van der Waals surface area contributed by atoms with Gasteiger partial charge in [0.25, 0.3) is 0 Å². The Morgan fingerprint density at radius 1 is 1.25 bits per heavy atom. The molecule has 1 atom stereocenters. The Morgan fingerprint density at radius 2 is 1.75 bits per heavy atom. The number of nitrogens with zero attached hydrogens (tertiary/aromatic N) is 1. The molecule has 0 amide bonds. The fraction of sp³-hybridized carbons (Fsp3) is 1.00. The topological polar surface area (TPSA) is 43.1 Å². The zero-order chi connectivity index (χ0) is 8.97. The maximum Gasteiger partial charge on any atom is 0.213 e. The molecule has 0 saturated heterocycles. The second kappa shape index (κ2) is 4.43. The Hall–Kier alpha value is -0.600. The van der Waals surface area contributed by atoms with Gasteiger partial charge < -0.3 is 0 Å². The molecule has 1 rings (SSSR count). The predicted molar refractivity (Wildman–Crippen MR) is 47.6 cm³/mol. The molecule has 1 saturated carbocycles. The predicted octanol–water partition coefficient (Wildman–Crippen LogP) is 2.62. The smallest absolute Gasteiger partial charge is 0.213 e. The van der Waals surface area contributed by atoms with Gasteiger partial charge in [0.2, 0.25) is 6.04 Å². The highest BCUT2D eigenvalue weighted by Gasteiger charge is 2.26. The summed E-state index contributed by atoms with van der Waals surface area (Å²) < 4.78 is 0. The molecule has 0 N–H and O–H groups in total. The average Bonchev–Trinajstić information content (AvgIpc) is 2.30. The van der Waals surface area contributed by atoms with E-state index in [1.165, 1.54) is 25.7 Å². The van der Waals surface area contributed by atoms with Gasteiger partial charge in [0.1, 0.15) is 0 Å². The molecule has 12 heavy (non-hydrogen) atoms. The summed E-state index contributed by atoms with van der Waals surface area (Å²) >= 11 is 0. The molecule has 0 aromatic carbocycles. The van der Waals surface area contributed by atoms with Crippen molar-refractivity contribution in [1.29, 1.82) is 0 Å². The van der Waals surface area contributed by atoms with Gasteiger partial charge in [-0.1, -0.05) is 25.7 Å². The third-order valence-electron chi connectivity index (χ3n) is 2.91. The van der Waals surface area contributed by atoms with Gasteiger partial charge in [-0.05, 0) is 12.8 Å². The Bertz CT molecular complexity index is 151. The minimum absolute atomic E-state index is 0.129. The Morgan fingerprint density at radius 3 is 2.17 bits per heavy atom. The molecular formula is C9H17NO2. The first-order valence-corrected chi connectivity index (χ1v) is 4.85. The van der Waals surface area contributed by atoms with Gasteiger partial charge >= 0.3 is 0 Å². The maximum absolute atomic E-state index is 10.5. The van der Waals surface area contributed by atoms with Gasteiger partial charge in [0, 0.05) is 17.8 Å². The van der Waals surface area contributed by atoms with Crippen LogP contribution in [-0.2, 0) is 0 Å². The van der Waals surface area contributed by atoms with E-state index >= 15 is 0 Å². The van der Waals surface area contributed by atoms with Gasteiger partial charge in [-0.25, -0.2) is 0 Å². The van der Waals surface area contributed by atoms with E-state index in [2.05, 4.69) is 0 Å². The third-order valence-corrected chi connectivity index (χ3v) is 2.91. The SMILES string of the molecule is CC(C1CCCCCC1)[N+](=O)[O-]. The van der Waals surface area contributed by atoms with Crippen LogP contribution in [-0.4, -0.2) is 11.0 Å². The lowest BCUT2D eigenvalue weighted by Crippen LogP contribution is -2.25. The van der Waals surface area contributed by atoms with Crippen LogP contribution in [0.15, 0.2) is 0 Å². The van der Waals surface area contributed by atoms with Crippen molar-refractivity contribution < 1.29 is 4.92 Å². The molecule has 3 nitrogen and oxygen atoms in total. The van der Waals surface area contributed by atoms with Gasteiger partial charge in [0.15, 0.2) is 0 Å². The molecule has 0 heterocycles. The summed E-state index contributed by atoms with van der Waals surface area (Å²) in [5.41, 5.74) is 0. The largest absolute Gasteiger partial charge is 0.264 e. The summed E-state index contributed by atoms with van der Waals surface area (Å²) in [6, 6.07) is -0.330. The normalized spacial score (nSPS) is 23.1. The Kier molecular flexibility index (Phi) is 3.50. The van der Waals surface area contributed by atoms with Crippen LogP contribution < -0.4 is 0 Å². The van der Waals surface area contributed by atoms with E-state index in [0.29, 0.717) is 5.92 Å². The highest BCUT2D eigenvalue weighted by molar-refractivity contribution is 4.69. The fourth-order valence-corrected chi connectivity index (χ4v) is 1.97. The van der Waals surface area contributed by atoms with E-state index in [0.717, 1.165) is 12.8 Å². The van der Waals surface area contributed by atoms with Gasteiger partial charge in [-0.2, -0.15) is 0 Å². The summed E-state index contributed by atoms with van der Waals surface area (Å²) in [4.78, 5) is 10.4. The molecule has 0 aromatic rings. The van der Waals surface area contributed by atoms with Gasteiger partial charge in [0.05, 0.1) is 0 Å². The van der Waals surface area contributed by atoms with E-state index in [-0.39, 0.29) is 11.0 Å². The molecule has 1 unspecified atom stereocenters. The minimum atomic E-state index is -0.330. The van der Waals surface area contributed by atoms with Crippen molar-refractivity contribution in [2.45, 2.75) is 51.5 Å². The van der Waals surface area contributed by atoms with Crippen molar-refractivity contribution in [3.05, 3.63) is 10.1 Å². The number of rotatable bonds is 2. The minimum Gasteiger partial charge on any atom is -0.264 e. The first-order valence-electron chi connectivity index (χ1n) is 4.85. The molecule has 0 aliphatic heterocycles. The lowest BCUT2D eigenvalue weighted by Gasteiger charge is -2.14. The van der Waals surface area contributed by atoms with Crippen LogP contribution >= 0.6 is 0 Å². The maximum atomic E-state index is 10.5. The standard InChI is InChI=1S/C9H17NO2/c1-8(10(11)12)9-6-4-2-3-5-7-9/h8-9H,2-7H2,1H3. The van der Waals surface area contributed by atoms with Gasteiger partial charge in [-0.15, -0.1) is 0 Å². The van der Waals surface area contributed by atoms with E-state index in [1.807, 2.05) is 0 Å². The van der Waals surface area contributed by atoms with E-state index in [4.69, 9.17) is 0 Å². The number of hydrogen-bond acceptors (Lipinski definition) is 2. The molecule has 1 aliphatic carbocycles. The second-order valence-electron chi connectivity index (χ2n) is 3.78. The van der Waals surface area contributed by atoms with Crippen molar-refractivity contribution >= 4 is 0 Å². The van der Waals surface area contributed by atoms with E-state index in [9.17, 15) is 10.1 Å². The molecule has 0 spiro atoms. The molecule has 3 heteroatoms. The fourth-order valence-electron chi connectivity index (χ4n) is 1.97. The van der Waals surface area contributed by atoms with Crippen molar-refractivity contribution in [1.82, 2.24) is 0 Å². The lowest BCUT2D eigenvalue weighted by molar-refractivity contribution is -0.528. The summed E-state index contributed by atoms with van der Waals surface area (Å²) in [6.07, 6.45) is 7.01. The average molecular weight is 171 g/mol. The summed E-state index contributed by atoms with van der Waals surface area (Å²) in [5.74, 6) is 0.336. The van der Waals surface area contributed by atoms with Crippen LogP contribution in [0, 0.1) is 16.0 Å².